The van der Waals surface area contributed by atoms with Gasteiger partial charge in [-0.05, 0) is 37.5 Å². The van der Waals surface area contributed by atoms with Crippen molar-refractivity contribution in [2.75, 3.05) is 6.61 Å². The number of carbonyl (C=O) groups is 1. The molecule has 0 aliphatic rings. The van der Waals surface area contributed by atoms with Crippen LogP contribution >= 0.6 is 0 Å². The molecule has 1 N–H and O–H groups in total. The van der Waals surface area contributed by atoms with Gasteiger partial charge in [0, 0.05) is 24.2 Å². The van der Waals surface area contributed by atoms with E-state index in [0.29, 0.717) is 12.3 Å². The number of aromatic amines is 1. The maximum Gasteiger partial charge on any atom is 0.338 e. The van der Waals surface area contributed by atoms with Gasteiger partial charge in [-0.25, -0.2) is 4.79 Å². The molecule has 0 aliphatic carbocycles. The van der Waals surface area contributed by atoms with Gasteiger partial charge in [-0.3, -0.25) is 9.78 Å². The highest BCUT2D eigenvalue weighted by atomic mass is 16.5. The van der Waals surface area contributed by atoms with Crippen LogP contribution in [-0.4, -0.2) is 22.5 Å². The Bertz CT molecular complexity index is 635. The summed E-state index contributed by atoms with van der Waals surface area (Å²) in [5.74, 6) is -0.467. The minimum Gasteiger partial charge on any atom is -0.462 e. The Morgan fingerprint density at radius 1 is 1.40 bits per heavy atom. The van der Waals surface area contributed by atoms with Crippen molar-refractivity contribution in [3.05, 3.63) is 63.8 Å². The number of hydrogen-bond donors (Lipinski definition) is 1. The van der Waals surface area contributed by atoms with E-state index in [4.69, 9.17) is 4.74 Å². The monoisotopic (exact) mass is 272 g/mol. The van der Waals surface area contributed by atoms with Crippen LogP contribution in [0.15, 0.2) is 41.5 Å². The topological polar surface area (TPSA) is 72.0 Å². The van der Waals surface area contributed by atoms with Crippen LogP contribution in [0.25, 0.3) is 0 Å². The zero-order valence-electron chi connectivity index (χ0n) is 11.3. The van der Waals surface area contributed by atoms with Gasteiger partial charge in [0.1, 0.15) is 0 Å². The quantitative estimate of drug-likeness (QED) is 0.666. The van der Waals surface area contributed by atoms with Gasteiger partial charge in [-0.2, -0.15) is 0 Å². The van der Waals surface area contributed by atoms with Crippen LogP contribution in [0.3, 0.4) is 0 Å². The molecule has 0 spiro atoms. The third kappa shape index (κ3) is 4.05. The van der Waals surface area contributed by atoms with E-state index in [1.165, 1.54) is 6.07 Å². The van der Waals surface area contributed by atoms with Gasteiger partial charge in [0.05, 0.1) is 12.2 Å². The molecule has 2 aromatic heterocycles. The lowest BCUT2D eigenvalue weighted by Gasteiger charge is -2.05. The van der Waals surface area contributed by atoms with Crippen molar-refractivity contribution in [1.29, 1.82) is 0 Å². The standard InChI is InChI=1S/C15H16N2O3/c1-11-8-13(9-14(18)17-11)15(19)20-7-3-5-12-4-2-6-16-10-12/h2,4,6,8-10H,3,5,7H2,1H3,(H,17,18). The fraction of sp³-hybridized carbons (Fsp3) is 0.267. The summed E-state index contributed by atoms with van der Waals surface area (Å²) in [4.78, 5) is 29.6. The van der Waals surface area contributed by atoms with Gasteiger partial charge in [-0.1, -0.05) is 6.07 Å². The molecule has 5 nitrogen and oxygen atoms in total. The molecule has 2 rings (SSSR count). The first kappa shape index (κ1) is 14.0. The molecular weight excluding hydrogens is 256 g/mol. The van der Waals surface area contributed by atoms with Crippen LogP contribution in [0.4, 0.5) is 0 Å². The number of aromatic nitrogens is 2. The highest BCUT2D eigenvalue weighted by molar-refractivity contribution is 5.89. The molecule has 0 aliphatic heterocycles. The predicted molar refractivity (Wildman–Crippen MR) is 74.6 cm³/mol. The first-order valence-electron chi connectivity index (χ1n) is 6.42. The second-order valence-electron chi connectivity index (χ2n) is 4.52. The van der Waals surface area contributed by atoms with Crippen molar-refractivity contribution in [2.24, 2.45) is 0 Å². The highest BCUT2D eigenvalue weighted by Crippen LogP contribution is 2.04. The number of nitrogens with one attached hydrogen (secondary N) is 1. The zero-order valence-corrected chi connectivity index (χ0v) is 11.3. The van der Waals surface area contributed by atoms with Crippen molar-refractivity contribution >= 4 is 5.97 Å². The lowest BCUT2D eigenvalue weighted by atomic mass is 10.2. The molecule has 0 bridgehead atoms. The Balaban J connectivity index is 1.82. The number of H-pyrrole nitrogens is 1. The summed E-state index contributed by atoms with van der Waals surface area (Å²) in [5.41, 5.74) is 1.73. The van der Waals surface area contributed by atoms with Gasteiger partial charge in [0.15, 0.2) is 0 Å². The summed E-state index contributed by atoms with van der Waals surface area (Å²) >= 11 is 0. The van der Waals surface area contributed by atoms with Crippen LogP contribution in [0.2, 0.25) is 0 Å². The van der Waals surface area contributed by atoms with E-state index in [0.717, 1.165) is 18.4 Å². The molecule has 2 heterocycles. The van der Waals surface area contributed by atoms with Crippen LogP contribution in [0.5, 0.6) is 0 Å². The number of hydrogen-bond acceptors (Lipinski definition) is 4. The number of esters is 1. The van der Waals surface area contributed by atoms with Crippen LogP contribution in [-0.2, 0) is 11.2 Å². The van der Waals surface area contributed by atoms with E-state index in [1.54, 1.807) is 25.4 Å². The van der Waals surface area contributed by atoms with Crippen molar-refractivity contribution in [1.82, 2.24) is 9.97 Å². The van der Waals surface area contributed by atoms with Gasteiger partial charge in [-0.15, -0.1) is 0 Å². The molecule has 0 amide bonds. The third-order valence-electron chi connectivity index (χ3n) is 2.78. The third-order valence-corrected chi connectivity index (χ3v) is 2.78. The van der Waals surface area contributed by atoms with Gasteiger partial charge < -0.3 is 9.72 Å². The van der Waals surface area contributed by atoms with Crippen molar-refractivity contribution in [3.8, 4) is 0 Å². The second-order valence-corrected chi connectivity index (χ2v) is 4.52. The number of nitrogens with zero attached hydrogens (tertiary/aromatic N) is 1. The maximum absolute atomic E-state index is 11.8. The molecule has 0 saturated heterocycles. The second kappa shape index (κ2) is 6.65. The van der Waals surface area contributed by atoms with E-state index < -0.39 is 5.97 Å². The lowest BCUT2D eigenvalue weighted by Crippen LogP contribution is -2.13. The van der Waals surface area contributed by atoms with E-state index in [9.17, 15) is 9.59 Å². The van der Waals surface area contributed by atoms with Crippen LogP contribution in [0, 0.1) is 6.92 Å². The smallest absolute Gasteiger partial charge is 0.338 e. The van der Waals surface area contributed by atoms with Crippen molar-refractivity contribution < 1.29 is 9.53 Å². The van der Waals surface area contributed by atoms with Crippen molar-refractivity contribution in [3.63, 3.8) is 0 Å². The molecule has 0 saturated carbocycles. The Morgan fingerprint density at radius 2 is 2.25 bits per heavy atom. The first-order chi connectivity index (χ1) is 9.65. The Kier molecular flexibility index (Phi) is 4.65. The minimum atomic E-state index is -0.467. The van der Waals surface area contributed by atoms with E-state index >= 15 is 0 Å². The van der Waals surface area contributed by atoms with E-state index in [1.807, 2.05) is 12.1 Å². The predicted octanol–water partition coefficient (Wildman–Crippen LogP) is 1.87. The summed E-state index contributed by atoms with van der Waals surface area (Å²) in [7, 11) is 0. The molecule has 2 aromatic rings. The minimum absolute atomic E-state index is 0.285. The highest BCUT2D eigenvalue weighted by Gasteiger charge is 2.08. The van der Waals surface area contributed by atoms with Crippen molar-refractivity contribution in [2.45, 2.75) is 19.8 Å². The van der Waals surface area contributed by atoms with E-state index in [2.05, 4.69) is 9.97 Å². The SMILES string of the molecule is Cc1cc(C(=O)OCCCc2cccnc2)cc(=O)[nH]1. The Hall–Kier alpha value is -2.43. The fourth-order valence-electron chi connectivity index (χ4n) is 1.87. The normalized spacial score (nSPS) is 10.2. The number of ether oxygens (including phenoxy) is 1. The average Bonchev–Trinajstić information content (AvgIpc) is 2.43. The maximum atomic E-state index is 11.8. The van der Waals surface area contributed by atoms with Gasteiger partial charge >= 0.3 is 5.97 Å². The molecular formula is C15H16N2O3. The number of aryl methyl sites for hydroxylation is 2. The Labute approximate surface area is 116 Å². The summed E-state index contributed by atoms with van der Waals surface area (Å²) in [6.07, 6.45) is 5.04. The van der Waals surface area contributed by atoms with Crippen LogP contribution in [0.1, 0.15) is 28.0 Å². The number of rotatable bonds is 5. The summed E-state index contributed by atoms with van der Waals surface area (Å²) in [6.45, 7) is 2.04. The fourth-order valence-corrected chi connectivity index (χ4v) is 1.87. The molecule has 0 atom stereocenters. The van der Waals surface area contributed by atoms with Gasteiger partial charge in [0.25, 0.3) is 0 Å². The first-order valence-corrected chi connectivity index (χ1v) is 6.42. The lowest BCUT2D eigenvalue weighted by molar-refractivity contribution is 0.0500. The zero-order chi connectivity index (χ0) is 14.4. The molecule has 0 fully saturated rings. The number of pyridine rings is 2. The molecule has 0 unspecified atom stereocenters. The molecule has 20 heavy (non-hydrogen) atoms. The average molecular weight is 272 g/mol. The van der Waals surface area contributed by atoms with Crippen LogP contribution < -0.4 is 5.56 Å². The summed E-state index contributed by atoms with van der Waals surface area (Å²) in [5, 5.41) is 0. The number of carbonyl (C=O) groups excluding carboxylic acids is 1. The summed E-state index contributed by atoms with van der Waals surface area (Å²) in [6, 6.07) is 6.70. The largest absolute Gasteiger partial charge is 0.462 e. The molecule has 5 heteroatoms. The summed E-state index contributed by atoms with van der Waals surface area (Å²) < 4.78 is 5.15. The molecule has 104 valence electrons. The molecule has 0 radical (unpaired) electrons. The van der Waals surface area contributed by atoms with Gasteiger partial charge in [0.2, 0.25) is 5.56 Å². The molecule has 0 aromatic carbocycles. The Morgan fingerprint density at radius 3 is 2.95 bits per heavy atom. The van der Waals surface area contributed by atoms with E-state index in [-0.39, 0.29) is 11.1 Å².